The number of ether oxygens (including phenoxy) is 1. The van der Waals surface area contributed by atoms with Crippen LogP contribution >= 0.6 is 0 Å². The van der Waals surface area contributed by atoms with Gasteiger partial charge in [0, 0.05) is 11.4 Å². The lowest BCUT2D eigenvalue weighted by Crippen LogP contribution is -2.36. The first-order chi connectivity index (χ1) is 7.93. The highest BCUT2D eigenvalue weighted by molar-refractivity contribution is 5.78. The normalized spacial score (nSPS) is 12.4. The molecule has 0 aliphatic carbocycles. The minimum atomic E-state index is -0.429. The summed E-state index contributed by atoms with van der Waals surface area (Å²) in [5.74, 6) is 0.265. The summed E-state index contributed by atoms with van der Waals surface area (Å²) in [6.45, 7) is 7.67. The first-order valence-corrected chi connectivity index (χ1v) is 5.60. The van der Waals surface area contributed by atoms with Gasteiger partial charge in [-0.15, -0.1) is 0 Å². The summed E-state index contributed by atoms with van der Waals surface area (Å²) in [5.41, 5.74) is 1.74. The minimum Gasteiger partial charge on any atom is -0.467 e. The van der Waals surface area contributed by atoms with E-state index in [4.69, 9.17) is 4.74 Å². The molecule has 0 saturated carbocycles. The molecule has 1 N–H and O–H groups in total. The van der Waals surface area contributed by atoms with Gasteiger partial charge in [-0.2, -0.15) is 0 Å². The zero-order valence-corrected chi connectivity index (χ0v) is 10.9. The van der Waals surface area contributed by atoms with E-state index >= 15 is 0 Å². The van der Waals surface area contributed by atoms with Crippen LogP contribution < -0.4 is 5.32 Å². The van der Waals surface area contributed by atoms with Crippen LogP contribution in [0.15, 0.2) is 6.07 Å². The Hall–Kier alpha value is -1.65. The Morgan fingerprint density at radius 1 is 1.29 bits per heavy atom. The van der Waals surface area contributed by atoms with Crippen molar-refractivity contribution in [2.24, 2.45) is 5.92 Å². The van der Waals surface area contributed by atoms with Gasteiger partial charge in [0.15, 0.2) is 0 Å². The number of rotatable bonds is 4. The third kappa shape index (κ3) is 3.69. The van der Waals surface area contributed by atoms with Crippen LogP contribution in [-0.4, -0.2) is 29.1 Å². The van der Waals surface area contributed by atoms with E-state index in [0.29, 0.717) is 5.95 Å². The van der Waals surface area contributed by atoms with E-state index in [1.165, 1.54) is 7.11 Å². The average molecular weight is 237 g/mol. The third-order valence-electron chi connectivity index (χ3n) is 2.39. The molecule has 0 fully saturated rings. The van der Waals surface area contributed by atoms with Crippen LogP contribution in [0.4, 0.5) is 5.95 Å². The van der Waals surface area contributed by atoms with Gasteiger partial charge in [-0.25, -0.2) is 14.8 Å². The number of carbonyl (C=O) groups is 1. The van der Waals surface area contributed by atoms with Crippen molar-refractivity contribution in [1.82, 2.24) is 9.97 Å². The van der Waals surface area contributed by atoms with E-state index in [1.54, 1.807) is 0 Å². The quantitative estimate of drug-likeness (QED) is 0.807. The molecule has 1 unspecified atom stereocenters. The second-order valence-electron chi connectivity index (χ2n) is 4.36. The largest absolute Gasteiger partial charge is 0.467 e. The van der Waals surface area contributed by atoms with Gasteiger partial charge in [-0.05, 0) is 25.8 Å². The Labute approximate surface area is 102 Å². The van der Waals surface area contributed by atoms with Gasteiger partial charge in [0.2, 0.25) is 5.95 Å². The summed E-state index contributed by atoms with van der Waals surface area (Å²) in [7, 11) is 1.38. The fourth-order valence-electron chi connectivity index (χ4n) is 1.55. The molecular formula is C12H19N3O2. The summed E-state index contributed by atoms with van der Waals surface area (Å²) < 4.78 is 4.75. The molecule has 5 nitrogen and oxygen atoms in total. The predicted octanol–water partition coefficient (Wildman–Crippen LogP) is 1.70. The summed E-state index contributed by atoms with van der Waals surface area (Å²) in [5, 5.41) is 3.01. The van der Waals surface area contributed by atoms with E-state index in [2.05, 4.69) is 15.3 Å². The fraction of sp³-hybridized carbons (Fsp3) is 0.583. The van der Waals surface area contributed by atoms with Crippen molar-refractivity contribution >= 4 is 11.9 Å². The standard InChI is InChI=1S/C12H19N3O2/c1-7(2)10(11(16)17-5)15-12-13-8(3)6-9(4)14-12/h6-7,10H,1-5H3,(H,13,14,15). The fourth-order valence-corrected chi connectivity index (χ4v) is 1.55. The maximum absolute atomic E-state index is 11.6. The lowest BCUT2D eigenvalue weighted by atomic mass is 10.1. The zero-order valence-electron chi connectivity index (χ0n) is 10.9. The number of aromatic nitrogens is 2. The summed E-state index contributed by atoms with van der Waals surface area (Å²) in [6, 6.07) is 1.45. The Balaban J connectivity index is 2.89. The van der Waals surface area contributed by atoms with Crippen molar-refractivity contribution < 1.29 is 9.53 Å². The van der Waals surface area contributed by atoms with E-state index in [1.807, 2.05) is 33.8 Å². The van der Waals surface area contributed by atoms with Gasteiger partial charge in [0.25, 0.3) is 0 Å². The molecular weight excluding hydrogens is 218 g/mol. The Morgan fingerprint density at radius 3 is 2.24 bits per heavy atom. The number of aryl methyl sites for hydroxylation is 2. The molecule has 0 radical (unpaired) electrons. The van der Waals surface area contributed by atoms with Crippen LogP contribution in [0.1, 0.15) is 25.2 Å². The number of esters is 1. The molecule has 0 bridgehead atoms. The summed E-state index contributed by atoms with van der Waals surface area (Å²) >= 11 is 0. The second kappa shape index (κ2) is 5.61. The molecule has 1 aromatic rings. The molecule has 0 aliphatic heterocycles. The molecule has 17 heavy (non-hydrogen) atoms. The summed E-state index contributed by atoms with van der Waals surface area (Å²) in [6.07, 6.45) is 0. The molecule has 0 aromatic carbocycles. The van der Waals surface area contributed by atoms with Gasteiger partial charge < -0.3 is 10.1 Å². The number of hydrogen-bond acceptors (Lipinski definition) is 5. The molecule has 1 atom stereocenters. The van der Waals surface area contributed by atoms with Crippen molar-refractivity contribution in [2.75, 3.05) is 12.4 Å². The van der Waals surface area contributed by atoms with Crippen LogP contribution in [0.3, 0.4) is 0 Å². The van der Waals surface area contributed by atoms with Gasteiger partial charge in [0.1, 0.15) is 6.04 Å². The lowest BCUT2D eigenvalue weighted by molar-refractivity contribution is -0.142. The van der Waals surface area contributed by atoms with Crippen LogP contribution in [-0.2, 0) is 9.53 Å². The number of methoxy groups -OCH3 is 1. The number of anilines is 1. The van der Waals surface area contributed by atoms with E-state index < -0.39 is 6.04 Å². The Morgan fingerprint density at radius 2 is 1.82 bits per heavy atom. The van der Waals surface area contributed by atoms with Crippen molar-refractivity contribution in [1.29, 1.82) is 0 Å². The first kappa shape index (κ1) is 13.4. The maximum atomic E-state index is 11.6. The highest BCUT2D eigenvalue weighted by atomic mass is 16.5. The predicted molar refractivity (Wildman–Crippen MR) is 65.8 cm³/mol. The first-order valence-electron chi connectivity index (χ1n) is 5.60. The molecule has 1 aromatic heterocycles. The van der Waals surface area contributed by atoms with Gasteiger partial charge >= 0.3 is 5.97 Å². The van der Waals surface area contributed by atoms with E-state index in [9.17, 15) is 4.79 Å². The lowest BCUT2D eigenvalue weighted by Gasteiger charge is -2.19. The molecule has 94 valence electrons. The number of nitrogens with zero attached hydrogens (tertiary/aromatic N) is 2. The molecule has 0 saturated heterocycles. The SMILES string of the molecule is COC(=O)C(Nc1nc(C)cc(C)n1)C(C)C. The topological polar surface area (TPSA) is 64.1 Å². The van der Waals surface area contributed by atoms with Crippen LogP contribution in [0, 0.1) is 19.8 Å². The second-order valence-corrected chi connectivity index (χ2v) is 4.36. The highest BCUT2D eigenvalue weighted by Crippen LogP contribution is 2.11. The molecule has 1 heterocycles. The van der Waals surface area contributed by atoms with Crippen molar-refractivity contribution in [3.8, 4) is 0 Å². The Kier molecular flexibility index (Phi) is 4.43. The molecule has 1 rings (SSSR count). The number of nitrogens with one attached hydrogen (secondary N) is 1. The highest BCUT2D eigenvalue weighted by Gasteiger charge is 2.23. The van der Waals surface area contributed by atoms with E-state index in [-0.39, 0.29) is 11.9 Å². The van der Waals surface area contributed by atoms with Crippen LogP contribution in [0.2, 0.25) is 0 Å². The van der Waals surface area contributed by atoms with Gasteiger partial charge in [-0.1, -0.05) is 13.8 Å². The average Bonchev–Trinajstić information content (AvgIpc) is 2.23. The number of carbonyl (C=O) groups excluding carboxylic acids is 1. The maximum Gasteiger partial charge on any atom is 0.328 e. The van der Waals surface area contributed by atoms with Crippen molar-refractivity contribution in [2.45, 2.75) is 33.7 Å². The van der Waals surface area contributed by atoms with Gasteiger partial charge in [0.05, 0.1) is 7.11 Å². The Bertz CT molecular complexity index is 384. The molecule has 0 aliphatic rings. The molecule has 5 heteroatoms. The summed E-state index contributed by atoms with van der Waals surface area (Å²) in [4.78, 5) is 20.1. The molecule has 0 spiro atoms. The monoisotopic (exact) mass is 237 g/mol. The number of hydrogen-bond donors (Lipinski definition) is 1. The smallest absolute Gasteiger partial charge is 0.328 e. The molecule has 0 amide bonds. The van der Waals surface area contributed by atoms with Crippen LogP contribution in [0.5, 0.6) is 0 Å². The van der Waals surface area contributed by atoms with Gasteiger partial charge in [-0.3, -0.25) is 0 Å². The minimum absolute atomic E-state index is 0.104. The van der Waals surface area contributed by atoms with E-state index in [0.717, 1.165) is 11.4 Å². The van der Waals surface area contributed by atoms with Crippen molar-refractivity contribution in [3.05, 3.63) is 17.5 Å². The van der Waals surface area contributed by atoms with Crippen LogP contribution in [0.25, 0.3) is 0 Å². The third-order valence-corrected chi connectivity index (χ3v) is 2.39. The van der Waals surface area contributed by atoms with Crippen molar-refractivity contribution in [3.63, 3.8) is 0 Å². The zero-order chi connectivity index (χ0) is 13.0.